The molecule has 1 saturated heterocycles. The Bertz CT molecular complexity index is 778. The first kappa shape index (κ1) is 19.3. The van der Waals surface area contributed by atoms with Gasteiger partial charge in [0.2, 0.25) is 0 Å². The molecule has 1 fully saturated rings. The van der Waals surface area contributed by atoms with E-state index in [0.717, 1.165) is 5.56 Å². The molecule has 2 aromatic rings. The second kappa shape index (κ2) is 7.64. The van der Waals surface area contributed by atoms with E-state index < -0.39 is 6.36 Å². The molecule has 27 heavy (non-hydrogen) atoms. The van der Waals surface area contributed by atoms with Gasteiger partial charge in [-0.3, -0.25) is 9.69 Å². The zero-order valence-electron chi connectivity index (χ0n) is 15.1. The van der Waals surface area contributed by atoms with E-state index in [1.54, 1.807) is 36.1 Å². The number of carbonyl (C=O) groups excluding carboxylic acids is 1. The van der Waals surface area contributed by atoms with E-state index in [2.05, 4.69) is 9.64 Å². The molecule has 0 N–H and O–H groups in total. The molecule has 1 atom stereocenters. The lowest BCUT2D eigenvalue weighted by Gasteiger charge is -2.38. The van der Waals surface area contributed by atoms with Gasteiger partial charge in [0, 0.05) is 32.2 Å². The third-order valence-electron chi connectivity index (χ3n) is 4.70. The fourth-order valence-electron chi connectivity index (χ4n) is 3.18. The van der Waals surface area contributed by atoms with Crippen molar-refractivity contribution in [2.24, 2.45) is 0 Å². The van der Waals surface area contributed by atoms with Gasteiger partial charge in [-0.05, 0) is 43.7 Å². The van der Waals surface area contributed by atoms with Gasteiger partial charge in [0.05, 0.1) is 0 Å². The van der Waals surface area contributed by atoms with Gasteiger partial charge in [-0.2, -0.15) is 0 Å². The number of ether oxygens (including phenoxy) is 1. The van der Waals surface area contributed by atoms with Gasteiger partial charge in [0.25, 0.3) is 5.91 Å². The highest BCUT2D eigenvalue weighted by molar-refractivity contribution is 5.91. The van der Waals surface area contributed by atoms with Crippen molar-refractivity contribution in [1.29, 1.82) is 0 Å². The molecule has 1 aromatic heterocycles. The van der Waals surface area contributed by atoms with Gasteiger partial charge in [0.15, 0.2) is 5.76 Å². The molecular formula is C19H21F3N2O3. The van der Waals surface area contributed by atoms with Crippen molar-refractivity contribution in [2.75, 3.05) is 26.2 Å². The lowest BCUT2D eigenvalue weighted by Crippen LogP contribution is -2.49. The van der Waals surface area contributed by atoms with E-state index in [4.69, 9.17) is 4.42 Å². The molecule has 1 aromatic carbocycles. The molecule has 8 heteroatoms. The van der Waals surface area contributed by atoms with E-state index in [1.165, 1.54) is 12.1 Å². The van der Waals surface area contributed by atoms with Crippen molar-refractivity contribution in [3.63, 3.8) is 0 Å². The summed E-state index contributed by atoms with van der Waals surface area (Å²) in [5.41, 5.74) is 0.894. The van der Waals surface area contributed by atoms with E-state index in [-0.39, 0.29) is 17.7 Å². The number of carbonyl (C=O) groups is 1. The summed E-state index contributed by atoms with van der Waals surface area (Å²) in [5, 5.41) is 0. The van der Waals surface area contributed by atoms with Crippen LogP contribution in [0.25, 0.3) is 0 Å². The molecule has 2 heterocycles. The summed E-state index contributed by atoms with van der Waals surface area (Å²) in [6.07, 6.45) is -4.69. The van der Waals surface area contributed by atoms with E-state index in [9.17, 15) is 18.0 Å². The van der Waals surface area contributed by atoms with E-state index in [0.29, 0.717) is 37.7 Å². The maximum absolute atomic E-state index is 12.4. The Hall–Kier alpha value is -2.48. The Morgan fingerprint density at radius 3 is 2.22 bits per heavy atom. The SMILES string of the molecule is Cc1ccc(C(=O)N2CCN(C(C)c3ccc(OC(F)(F)F)cc3)CC2)o1. The molecular weight excluding hydrogens is 361 g/mol. The topological polar surface area (TPSA) is 45.9 Å². The van der Waals surface area contributed by atoms with Gasteiger partial charge in [-0.25, -0.2) is 0 Å². The normalized spacial score (nSPS) is 17.0. The van der Waals surface area contributed by atoms with Crippen LogP contribution in [0.1, 0.15) is 34.8 Å². The van der Waals surface area contributed by atoms with Gasteiger partial charge in [-0.15, -0.1) is 13.2 Å². The second-order valence-electron chi connectivity index (χ2n) is 6.53. The maximum atomic E-state index is 12.4. The Labute approximate surface area is 155 Å². The van der Waals surface area contributed by atoms with Crippen LogP contribution in [0.4, 0.5) is 13.2 Å². The van der Waals surface area contributed by atoms with Gasteiger partial charge in [0.1, 0.15) is 11.5 Å². The first-order valence-corrected chi connectivity index (χ1v) is 8.68. The summed E-state index contributed by atoms with van der Waals surface area (Å²) in [7, 11) is 0. The van der Waals surface area contributed by atoms with E-state index in [1.807, 2.05) is 6.92 Å². The van der Waals surface area contributed by atoms with Crippen molar-refractivity contribution >= 4 is 5.91 Å². The summed E-state index contributed by atoms with van der Waals surface area (Å²) in [6.45, 7) is 6.27. The lowest BCUT2D eigenvalue weighted by atomic mass is 10.1. The zero-order valence-corrected chi connectivity index (χ0v) is 15.1. The van der Waals surface area contributed by atoms with Crippen molar-refractivity contribution < 1.29 is 27.1 Å². The van der Waals surface area contributed by atoms with Crippen LogP contribution < -0.4 is 4.74 Å². The number of amides is 1. The van der Waals surface area contributed by atoms with Crippen LogP contribution in [0.3, 0.4) is 0 Å². The summed E-state index contributed by atoms with van der Waals surface area (Å²) in [6, 6.07) is 9.36. The maximum Gasteiger partial charge on any atom is 0.573 e. The van der Waals surface area contributed by atoms with Gasteiger partial charge >= 0.3 is 6.36 Å². The molecule has 5 nitrogen and oxygen atoms in total. The number of alkyl halides is 3. The molecule has 0 spiro atoms. The number of aryl methyl sites for hydroxylation is 1. The van der Waals surface area contributed by atoms with Crippen molar-refractivity contribution in [1.82, 2.24) is 9.80 Å². The van der Waals surface area contributed by atoms with Crippen molar-refractivity contribution in [3.8, 4) is 5.75 Å². The second-order valence-corrected chi connectivity index (χ2v) is 6.53. The molecule has 1 amide bonds. The van der Waals surface area contributed by atoms with Crippen molar-refractivity contribution in [3.05, 3.63) is 53.5 Å². The molecule has 0 saturated carbocycles. The smallest absolute Gasteiger partial charge is 0.456 e. The number of hydrogen-bond donors (Lipinski definition) is 0. The quantitative estimate of drug-likeness (QED) is 0.802. The highest BCUT2D eigenvalue weighted by atomic mass is 19.4. The van der Waals surface area contributed by atoms with Crippen LogP contribution in [-0.4, -0.2) is 48.2 Å². The Morgan fingerprint density at radius 1 is 1.07 bits per heavy atom. The number of nitrogens with zero attached hydrogens (tertiary/aromatic N) is 2. The highest BCUT2D eigenvalue weighted by Crippen LogP contribution is 2.27. The predicted octanol–water partition coefficient (Wildman–Crippen LogP) is 4.01. The number of hydrogen-bond acceptors (Lipinski definition) is 4. The first-order valence-electron chi connectivity index (χ1n) is 8.68. The van der Waals surface area contributed by atoms with Crippen molar-refractivity contribution in [2.45, 2.75) is 26.3 Å². The molecule has 0 aliphatic carbocycles. The molecule has 0 radical (unpaired) electrons. The average molecular weight is 382 g/mol. The molecule has 0 bridgehead atoms. The fraction of sp³-hybridized carbons (Fsp3) is 0.421. The van der Waals surface area contributed by atoms with Crippen LogP contribution in [0.15, 0.2) is 40.8 Å². The summed E-state index contributed by atoms with van der Waals surface area (Å²) in [5.74, 6) is 0.685. The predicted molar refractivity (Wildman–Crippen MR) is 92.5 cm³/mol. The van der Waals surface area contributed by atoms with Crippen LogP contribution >= 0.6 is 0 Å². The lowest BCUT2D eigenvalue weighted by molar-refractivity contribution is -0.274. The van der Waals surface area contributed by atoms with Gasteiger partial charge < -0.3 is 14.1 Å². The van der Waals surface area contributed by atoms with Crippen LogP contribution in [0.5, 0.6) is 5.75 Å². The molecule has 146 valence electrons. The Balaban J connectivity index is 1.56. The number of benzene rings is 1. The standard InChI is InChI=1S/C19H21F3N2O3/c1-13-3-8-17(26-13)18(25)24-11-9-23(10-12-24)14(2)15-4-6-16(7-5-15)27-19(20,21)22/h3-8,14H,9-12H2,1-2H3. The number of halogens is 3. The largest absolute Gasteiger partial charge is 0.573 e. The molecule has 1 unspecified atom stereocenters. The fourth-order valence-corrected chi connectivity index (χ4v) is 3.18. The first-order chi connectivity index (χ1) is 12.7. The Morgan fingerprint density at radius 2 is 1.70 bits per heavy atom. The number of piperazine rings is 1. The van der Waals surface area contributed by atoms with Crippen LogP contribution in [0.2, 0.25) is 0 Å². The Kier molecular flexibility index (Phi) is 5.46. The van der Waals surface area contributed by atoms with E-state index >= 15 is 0 Å². The number of rotatable bonds is 4. The van der Waals surface area contributed by atoms with Crippen LogP contribution in [-0.2, 0) is 0 Å². The molecule has 1 aliphatic heterocycles. The third-order valence-corrected chi connectivity index (χ3v) is 4.70. The minimum absolute atomic E-state index is 0.0213. The summed E-state index contributed by atoms with van der Waals surface area (Å²) >= 11 is 0. The highest BCUT2D eigenvalue weighted by Gasteiger charge is 2.31. The summed E-state index contributed by atoms with van der Waals surface area (Å²) < 4.78 is 46.0. The van der Waals surface area contributed by atoms with Crippen LogP contribution in [0, 0.1) is 6.92 Å². The number of furan rings is 1. The third kappa shape index (κ3) is 4.82. The minimum atomic E-state index is -4.69. The molecule has 1 aliphatic rings. The molecule has 3 rings (SSSR count). The average Bonchev–Trinajstić information content (AvgIpc) is 3.06. The van der Waals surface area contributed by atoms with Gasteiger partial charge in [-0.1, -0.05) is 12.1 Å². The minimum Gasteiger partial charge on any atom is -0.456 e. The zero-order chi connectivity index (χ0) is 19.6. The summed E-state index contributed by atoms with van der Waals surface area (Å²) in [4.78, 5) is 16.4. The monoisotopic (exact) mass is 382 g/mol.